The molecule has 0 atom stereocenters. The van der Waals surface area contributed by atoms with Crippen LogP contribution in [-0.2, 0) is 21.8 Å². The van der Waals surface area contributed by atoms with Crippen LogP contribution in [-0.4, -0.2) is 28.0 Å². The summed E-state index contributed by atoms with van der Waals surface area (Å²) >= 11 is 12.5. The van der Waals surface area contributed by atoms with Crippen LogP contribution in [0.4, 0.5) is 0 Å². The Balaban J connectivity index is 1.96. The van der Waals surface area contributed by atoms with Gasteiger partial charge in [-0.15, -0.1) is 0 Å². The molecule has 24 heavy (non-hydrogen) atoms. The van der Waals surface area contributed by atoms with Crippen LogP contribution in [0.15, 0.2) is 30.9 Å². The van der Waals surface area contributed by atoms with Gasteiger partial charge in [-0.25, -0.2) is 9.67 Å². The third-order valence-corrected chi connectivity index (χ3v) is 5.45. The van der Waals surface area contributed by atoms with Gasteiger partial charge in [0, 0.05) is 16.0 Å². The number of halogens is 2. The van der Waals surface area contributed by atoms with E-state index in [2.05, 4.69) is 23.9 Å². The molecule has 0 N–H and O–H groups in total. The highest BCUT2D eigenvalue weighted by molar-refractivity contribution is 6.35. The lowest BCUT2D eigenvalue weighted by atomic mass is 9.83. The Morgan fingerprint density at radius 1 is 1.17 bits per heavy atom. The fourth-order valence-electron chi connectivity index (χ4n) is 2.94. The SMILES string of the molecule is CCC1(CC)COC(Cn2cncn2)(c2ccc(Cl)cc2Cl)OC1. The van der Waals surface area contributed by atoms with E-state index in [9.17, 15) is 0 Å². The maximum absolute atomic E-state index is 6.44. The quantitative estimate of drug-likeness (QED) is 0.788. The van der Waals surface area contributed by atoms with E-state index in [1.807, 2.05) is 6.07 Å². The highest BCUT2D eigenvalue weighted by Crippen LogP contribution is 2.43. The first-order chi connectivity index (χ1) is 11.5. The van der Waals surface area contributed by atoms with Crippen molar-refractivity contribution in [3.05, 3.63) is 46.5 Å². The molecule has 1 aliphatic heterocycles. The third kappa shape index (κ3) is 3.31. The van der Waals surface area contributed by atoms with E-state index in [0.717, 1.165) is 18.4 Å². The zero-order valence-corrected chi connectivity index (χ0v) is 15.3. The maximum atomic E-state index is 6.44. The molecule has 2 heterocycles. The lowest BCUT2D eigenvalue weighted by Gasteiger charge is -2.46. The fourth-order valence-corrected chi connectivity index (χ4v) is 3.49. The maximum Gasteiger partial charge on any atom is 0.216 e. The Bertz CT molecular complexity index is 677. The molecule has 2 aromatic rings. The first kappa shape index (κ1) is 17.7. The second kappa shape index (κ2) is 7.00. The number of hydrogen-bond donors (Lipinski definition) is 0. The summed E-state index contributed by atoms with van der Waals surface area (Å²) in [6.07, 6.45) is 5.12. The van der Waals surface area contributed by atoms with Crippen molar-refractivity contribution in [1.29, 1.82) is 0 Å². The van der Waals surface area contributed by atoms with Gasteiger partial charge in [0.05, 0.1) is 18.2 Å². The summed E-state index contributed by atoms with van der Waals surface area (Å²) in [4.78, 5) is 4.00. The molecule has 0 saturated carbocycles. The van der Waals surface area contributed by atoms with Crippen LogP contribution in [0.3, 0.4) is 0 Å². The summed E-state index contributed by atoms with van der Waals surface area (Å²) in [5, 5.41) is 5.27. The molecule has 130 valence electrons. The van der Waals surface area contributed by atoms with Crippen LogP contribution in [0.5, 0.6) is 0 Å². The molecule has 0 amide bonds. The minimum Gasteiger partial charge on any atom is -0.344 e. The molecule has 0 spiro atoms. The number of benzene rings is 1. The number of aromatic nitrogens is 3. The molecule has 1 saturated heterocycles. The van der Waals surface area contributed by atoms with Crippen LogP contribution in [0.25, 0.3) is 0 Å². The Labute approximate surface area is 151 Å². The molecular weight excluding hydrogens is 349 g/mol. The predicted molar refractivity (Wildman–Crippen MR) is 93.1 cm³/mol. The van der Waals surface area contributed by atoms with Gasteiger partial charge in [0.15, 0.2) is 0 Å². The predicted octanol–water partition coefficient (Wildman–Crippen LogP) is 4.29. The van der Waals surface area contributed by atoms with Crippen LogP contribution in [0.1, 0.15) is 32.3 Å². The second-order valence-electron chi connectivity index (χ2n) is 6.25. The Morgan fingerprint density at radius 2 is 1.88 bits per heavy atom. The summed E-state index contributed by atoms with van der Waals surface area (Å²) < 4.78 is 14.3. The van der Waals surface area contributed by atoms with Gasteiger partial charge in [0.1, 0.15) is 19.2 Å². The summed E-state index contributed by atoms with van der Waals surface area (Å²) in [6.45, 7) is 5.91. The molecule has 1 aliphatic rings. The molecule has 3 rings (SSSR count). The van der Waals surface area contributed by atoms with Crippen LogP contribution in [0.2, 0.25) is 10.0 Å². The average Bonchev–Trinajstić information content (AvgIpc) is 3.08. The van der Waals surface area contributed by atoms with Crippen LogP contribution < -0.4 is 0 Å². The summed E-state index contributed by atoms with van der Waals surface area (Å²) in [7, 11) is 0. The largest absolute Gasteiger partial charge is 0.344 e. The van der Waals surface area contributed by atoms with Crippen molar-refractivity contribution in [2.24, 2.45) is 5.41 Å². The lowest BCUT2D eigenvalue weighted by molar-refractivity contribution is -0.321. The van der Waals surface area contributed by atoms with Gasteiger partial charge in [-0.1, -0.05) is 43.1 Å². The number of nitrogens with zero attached hydrogens (tertiary/aromatic N) is 3. The first-order valence-electron chi connectivity index (χ1n) is 8.08. The van der Waals surface area contributed by atoms with E-state index in [1.54, 1.807) is 23.1 Å². The molecule has 7 heteroatoms. The van der Waals surface area contributed by atoms with Crippen molar-refractivity contribution >= 4 is 23.2 Å². The molecule has 5 nitrogen and oxygen atoms in total. The van der Waals surface area contributed by atoms with E-state index in [4.69, 9.17) is 32.7 Å². The van der Waals surface area contributed by atoms with E-state index < -0.39 is 5.79 Å². The molecule has 0 aliphatic carbocycles. The van der Waals surface area contributed by atoms with Gasteiger partial charge in [-0.3, -0.25) is 0 Å². The Morgan fingerprint density at radius 3 is 2.42 bits per heavy atom. The molecule has 1 aromatic heterocycles. The van der Waals surface area contributed by atoms with Gasteiger partial charge < -0.3 is 9.47 Å². The second-order valence-corrected chi connectivity index (χ2v) is 7.10. The topological polar surface area (TPSA) is 49.2 Å². The molecular formula is C17H21Cl2N3O2. The molecule has 0 radical (unpaired) electrons. The molecule has 1 fully saturated rings. The number of hydrogen-bond acceptors (Lipinski definition) is 4. The van der Waals surface area contributed by atoms with Crippen molar-refractivity contribution in [1.82, 2.24) is 14.8 Å². The average molecular weight is 370 g/mol. The van der Waals surface area contributed by atoms with Crippen molar-refractivity contribution < 1.29 is 9.47 Å². The van der Waals surface area contributed by atoms with Crippen molar-refractivity contribution in [3.63, 3.8) is 0 Å². The third-order valence-electron chi connectivity index (χ3n) is 4.90. The standard InChI is InChI=1S/C17H21Cl2N3O2/c1-3-16(4-2)9-23-17(24-10-16,8-22-12-20-11-21-22)14-6-5-13(18)7-15(14)19/h5-7,11-12H,3-4,8-10H2,1-2H3. The smallest absolute Gasteiger partial charge is 0.216 e. The van der Waals surface area contributed by atoms with Gasteiger partial charge in [-0.2, -0.15) is 5.10 Å². The summed E-state index contributed by atoms with van der Waals surface area (Å²) in [6, 6.07) is 5.35. The minimum atomic E-state index is -0.997. The molecule has 0 unspecified atom stereocenters. The first-order valence-corrected chi connectivity index (χ1v) is 8.84. The van der Waals surface area contributed by atoms with Gasteiger partial charge in [-0.05, 0) is 25.0 Å². The Kier molecular flexibility index (Phi) is 5.16. The number of rotatable bonds is 5. The van der Waals surface area contributed by atoms with Gasteiger partial charge in [0.25, 0.3) is 0 Å². The monoisotopic (exact) mass is 369 g/mol. The van der Waals surface area contributed by atoms with E-state index in [1.165, 1.54) is 6.33 Å². The van der Waals surface area contributed by atoms with Crippen molar-refractivity contribution in [2.45, 2.75) is 39.0 Å². The van der Waals surface area contributed by atoms with E-state index in [-0.39, 0.29) is 5.41 Å². The molecule has 1 aromatic carbocycles. The molecule has 0 bridgehead atoms. The highest BCUT2D eigenvalue weighted by Gasteiger charge is 2.46. The van der Waals surface area contributed by atoms with Gasteiger partial charge >= 0.3 is 0 Å². The van der Waals surface area contributed by atoms with Gasteiger partial charge in [0.2, 0.25) is 5.79 Å². The highest BCUT2D eigenvalue weighted by atomic mass is 35.5. The normalized spacial score (nSPS) is 19.3. The summed E-state index contributed by atoms with van der Waals surface area (Å²) in [5.74, 6) is -0.997. The van der Waals surface area contributed by atoms with E-state index >= 15 is 0 Å². The zero-order chi connectivity index (χ0) is 17.2. The summed E-state index contributed by atoms with van der Waals surface area (Å²) in [5.41, 5.74) is 0.787. The van der Waals surface area contributed by atoms with Crippen LogP contribution in [0, 0.1) is 5.41 Å². The number of ether oxygens (including phenoxy) is 2. The van der Waals surface area contributed by atoms with Crippen molar-refractivity contribution in [2.75, 3.05) is 13.2 Å². The van der Waals surface area contributed by atoms with Crippen molar-refractivity contribution in [3.8, 4) is 0 Å². The minimum absolute atomic E-state index is 0.0325. The van der Waals surface area contributed by atoms with Crippen LogP contribution >= 0.6 is 23.2 Å². The lowest BCUT2D eigenvalue weighted by Crippen LogP contribution is -2.49. The Hall–Kier alpha value is -1.14. The van der Waals surface area contributed by atoms with E-state index in [0.29, 0.717) is 29.8 Å². The zero-order valence-electron chi connectivity index (χ0n) is 13.8. The fraction of sp³-hybridized carbons (Fsp3) is 0.529.